The van der Waals surface area contributed by atoms with Crippen LogP contribution in [0, 0.1) is 0 Å². The molecule has 0 unspecified atom stereocenters. The van der Waals surface area contributed by atoms with Crippen molar-refractivity contribution in [3.63, 3.8) is 0 Å². The summed E-state index contributed by atoms with van der Waals surface area (Å²) in [4.78, 5) is 84.6. The molecule has 1 aliphatic rings. The number of aliphatic hydroxyl groups is 1. The van der Waals surface area contributed by atoms with E-state index in [0.29, 0.717) is 0 Å². The van der Waals surface area contributed by atoms with Crippen molar-refractivity contribution < 1.29 is 52.5 Å². The summed E-state index contributed by atoms with van der Waals surface area (Å²) in [6.07, 6.45) is 2.68. The Morgan fingerprint density at radius 3 is 2.22 bits per heavy atom. The number of carbonyl (C=O) groups is 6. The molecule has 19 nitrogen and oxygen atoms in total. The molecule has 0 saturated carbocycles. The molecule has 4 amide bonds. The van der Waals surface area contributed by atoms with E-state index in [-0.39, 0.29) is 31.0 Å². The van der Waals surface area contributed by atoms with Crippen molar-refractivity contribution in [1.29, 1.82) is 0 Å². The minimum absolute atomic E-state index is 0.0888. The van der Waals surface area contributed by atoms with E-state index in [2.05, 4.69) is 20.4 Å². The van der Waals surface area contributed by atoms with Crippen molar-refractivity contribution in [2.75, 3.05) is 40.4 Å². The molecule has 0 saturated heterocycles. The van der Waals surface area contributed by atoms with Crippen LogP contribution in [0.25, 0.3) is 10.4 Å². The highest BCUT2D eigenvalue weighted by molar-refractivity contribution is 6.74. The third-order valence-electron chi connectivity index (χ3n) is 8.85. The summed E-state index contributed by atoms with van der Waals surface area (Å²) in [6, 6.07) is -4.70. The SMILES string of the molecule is C/C=C/COC(=O)[C@@H]1[C@@H](O[Si](C)(C)C(C)(C)C)CC=NN1C(=O)[C@@H](COC(=O)[C@@H](N(C)C(=O)CCN(C)C(=O)CN=[N+]=[N-])C(C)(C)O)NC(=O)OC(C)(C)C. The molecule has 20 heteroatoms. The van der Waals surface area contributed by atoms with Crippen molar-refractivity contribution >= 4 is 50.3 Å². The number of carbonyl (C=O) groups excluding carboxylic acids is 6. The third kappa shape index (κ3) is 15.3. The van der Waals surface area contributed by atoms with Gasteiger partial charge in [0.1, 0.15) is 31.4 Å². The minimum Gasteiger partial charge on any atom is -0.461 e. The number of likely N-dealkylation sites (N-methyl/N-ethyl adjacent to an activating group) is 2. The number of nitrogens with one attached hydrogen (secondary N) is 1. The van der Waals surface area contributed by atoms with Gasteiger partial charge in [-0.15, -0.1) is 0 Å². The molecule has 4 atom stereocenters. The number of ether oxygens (including phenoxy) is 3. The van der Waals surface area contributed by atoms with E-state index in [9.17, 15) is 33.9 Å². The fourth-order valence-electron chi connectivity index (χ4n) is 4.89. The Morgan fingerprint density at radius 1 is 1.07 bits per heavy atom. The fraction of sp³-hybridized carbons (Fsp3) is 0.743. The summed E-state index contributed by atoms with van der Waals surface area (Å²) in [5.41, 5.74) is 5.59. The molecule has 310 valence electrons. The molecule has 1 rings (SSSR count). The monoisotopic (exact) mass is 796 g/mol. The standard InChI is InChI=1S/C35H60N8O11Si/c1-14-15-20-51-30(47)27-24(54-55(12,13)34(5,6)7)16-18-38-43(27)29(46)23(39-32(49)53-33(2,3)4)22-52-31(48)28(35(8,9)50)42(11)25(44)17-19-41(10)26(45)21-37-40-36/h14-15,18,23-24,27-28,50H,16-17,19-22H2,1-13H3,(H,39,49)/b15-14+/t23-,24+,27+,28-/m1/s1. The van der Waals surface area contributed by atoms with Crippen LogP contribution in [0.15, 0.2) is 22.4 Å². The minimum atomic E-state index is -2.54. The lowest BCUT2D eigenvalue weighted by Gasteiger charge is -2.43. The van der Waals surface area contributed by atoms with E-state index in [4.69, 9.17) is 24.2 Å². The molecule has 0 spiro atoms. The molecule has 0 aromatic rings. The number of amides is 4. The first-order chi connectivity index (χ1) is 25.2. The van der Waals surface area contributed by atoms with Gasteiger partial charge in [-0.2, -0.15) is 5.10 Å². The number of alkyl carbamates (subject to hydrolysis) is 1. The van der Waals surface area contributed by atoms with E-state index >= 15 is 0 Å². The van der Waals surface area contributed by atoms with Crippen LogP contribution in [0.4, 0.5) is 4.79 Å². The normalized spacial score (nSPS) is 17.4. The van der Waals surface area contributed by atoms with Crippen molar-refractivity contribution in [2.45, 2.75) is 129 Å². The van der Waals surface area contributed by atoms with Crippen LogP contribution in [0.5, 0.6) is 0 Å². The molecule has 55 heavy (non-hydrogen) atoms. The van der Waals surface area contributed by atoms with Crippen LogP contribution >= 0.6 is 0 Å². The van der Waals surface area contributed by atoms with Crippen LogP contribution < -0.4 is 5.32 Å². The molecule has 2 N–H and O–H groups in total. The van der Waals surface area contributed by atoms with Crippen molar-refractivity contribution in [3.8, 4) is 0 Å². The third-order valence-corrected chi connectivity index (χ3v) is 13.4. The van der Waals surface area contributed by atoms with Gasteiger partial charge in [0.15, 0.2) is 20.4 Å². The van der Waals surface area contributed by atoms with Crippen LogP contribution in [0.1, 0.15) is 75.2 Å². The lowest BCUT2D eigenvalue weighted by molar-refractivity contribution is -0.167. The van der Waals surface area contributed by atoms with Gasteiger partial charge in [0.25, 0.3) is 5.91 Å². The van der Waals surface area contributed by atoms with Crippen LogP contribution in [0.2, 0.25) is 18.1 Å². The van der Waals surface area contributed by atoms with Gasteiger partial charge in [-0.1, -0.05) is 38.0 Å². The quantitative estimate of drug-likeness (QED) is 0.0412. The van der Waals surface area contributed by atoms with Gasteiger partial charge in [-0.3, -0.25) is 14.4 Å². The first kappa shape index (κ1) is 48.5. The van der Waals surface area contributed by atoms with Crippen LogP contribution in [-0.2, 0) is 42.6 Å². The van der Waals surface area contributed by atoms with E-state index in [0.717, 1.165) is 9.91 Å². The number of azide groups is 1. The van der Waals surface area contributed by atoms with Gasteiger partial charge < -0.3 is 38.9 Å². The number of esters is 2. The Kier molecular flexibility index (Phi) is 18.0. The topological polar surface area (TPSA) is 242 Å². The number of hydrazone groups is 1. The maximum atomic E-state index is 14.4. The molecule has 1 heterocycles. The highest BCUT2D eigenvalue weighted by Crippen LogP contribution is 2.39. The second-order valence-electron chi connectivity index (χ2n) is 16.1. The maximum absolute atomic E-state index is 14.4. The Labute approximate surface area is 324 Å². The maximum Gasteiger partial charge on any atom is 0.408 e. The molecule has 0 aliphatic carbocycles. The highest BCUT2D eigenvalue weighted by Gasteiger charge is 2.48. The largest absolute Gasteiger partial charge is 0.461 e. The zero-order valence-electron chi connectivity index (χ0n) is 34.4. The second-order valence-corrected chi connectivity index (χ2v) is 20.9. The predicted molar refractivity (Wildman–Crippen MR) is 205 cm³/mol. The molecule has 1 aliphatic heterocycles. The number of allylic oxidation sites excluding steroid dienone is 1. The van der Waals surface area contributed by atoms with Crippen molar-refractivity contribution in [1.82, 2.24) is 20.1 Å². The zero-order chi connectivity index (χ0) is 42.5. The Hall–Kier alpha value is -4.52. The zero-order valence-corrected chi connectivity index (χ0v) is 35.4. The average Bonchev–Trinajstić information content (AvgIpc) is 3.05. The molecule has 0 fully saturated rings. The predicted octanol–water partition coefficient (Wildman–Crippen LogP) is 3.28. The Bertz CT molecular complexity index is 1490. The lowest BCUT2D eigenvalue weighted by atomic mass is 9.97. The summed E-state index contributed by atoms with van der Waals surface area (Å²) >= 11 is 0. The smallest absolute Gasteiger partial charge is 0.408 e. The Morgan fingerprint density at radius 2 is 1.69 bits per heavy atom. The van der Waals surface area contributed by atoms with Gasteiger partial charge in [0.2, 0.25) is 11.8 Å². The number of hydrogen-bond acceptors (Lipinski definition) is 13. The summed E-state index contributed by atoms with van der Waals surface area (Å²) in [6.45, 7) is 17.7. The first-order valence-corrected chi connectivity index (χ1v) is 20.8. The summed E-state index contributed by atoms with van der Waals surface area (Å²) in [5, 5.41) is 21.4. The molecule has 0 aromatic carbocycles. The highest BCUT2D eigenvalue weighted by atomic mass is 28.4. The molecular formula is C35H60N8O11Si. The van der Waals surface area contributed by atoms with Gasteiger partial charge in [-0.25, -0.2) is 19.4 Å². The molecular weight excluding hydrogens is 737 g/mol. The van der Waals surface area contributed by atoms with Crippen LogP contribution in [-0.4, -0.2) is 146 Å². The molecule has 0 bridgehead atoms. The van der Waals surface area contributed by atoms with Crippen molar-refractivity contribution in [2.24, 2.45) is 10.2 Å². The molecule has 0 aromatic heterocycles. The molecule has 0 radical (unpaired) electrons. The number of hydrogen-bond donors (Lipinski definition) is 2. The van der Waals surface area contributed by atoms with Crippen molar-refractivity contribution in [3.05, 3.63) is 22.6 Å². The summed E-state index contributed by atoms with van der Waals surface area (Å²) in [7, 11) is 0.117. The lowest BCUT2D eigenvalue weighted by Crippen LogP contribution is -2.61. The summed E-state index contributed by atoms with van der Waals surface area (Å²) in [5.74, 6) is -4.11. The fourth-order valence-corrected chi connectivity index (χ4v) is 6.23. The average molecular weight is 797 g/mol. The van der Waals surface area contributed by atoms with Gasteiger partial charge in [0.05, 0.1) is 11.7 Å². The van der Waals surface area contributed by atoms with Gasteiger partial charge >= 0.3 is 18.0 Å². The van der Waals surface area contributed by atoms with Gasteiger partial charge in [-0.05, 0) is 65.2 Å². The second kappa shape index (κ2) is 20.4. The van der Waals surface area contributed by atoms with E-state index in [1.165, 1.54) is 39.1 Å². The number of rotatable bonds is 17. The van der Waals surface area contributed by atoms with E-state index < -0.39 is 92.7 Å². The van der Waals surface area contributed by atoms with E-state index in [1.807, 2.05) is 33.9 Å². The first-order valence-electron chi connectivity index (χ1n) is 17.9. The van der Waals surface area contributed by atoms with Crippen LogP contribution in [0.3, 0.4) is 0 Å². The number of nitrogens with zero attached hydrogens (tertiary/aromatic N) is 7. The van der Waals surface area contributed by atoms with Gasteiger partial charge in [0, 0.05) is 44.6 Å². The Balaban J connectivity index is 3.51. The summed E-state index contributed by atoms with van der Waals surface area (Å²) < 4.78 is 23.0. The van der Waals surface area contributed by atoms with E-state index in [1.54, 1.807) is 39.8 Å².